The van der Waals surface area contributed by atoms with E-state index in [-0.39, 0.29) is 24.0 Å². The van der Waals surface area contributed by atoms with Crippen LogP contribution in [0.5, 0.6) is 5.75 Å². The number of carbonyl (C=O) groups is 2. The first kappa shape index (κ1) is 13.2. The fraction of sp³-hybridized carbons (Fsp3) is 0.125. The van der Waals surface area contributed by atoms with Gasteiger partial charge in [0.05, 0.1) is 12.1 Å². The largest absolute Gasteiger partial charge is 0.508 e. The molecule has 1 fully saturated rings. The summed E-state index contributed by atoms with van der Waals surface area (Å²) < 4.78 is 0. The molecule has 2 aromatic rings. The Bertz CT molecular complexity index is 668. The van der Waals surface area contributed by atoms with Crippen molar-refractivity contribution in [3.8, 4) is 5.75 Å². The number of rotatable bonds is 3. The van der Waals surface area contributed by atoms with E-state index in [1.54, 1.807) is 36.4 Å². The lowest BCUT2D eigenvalue weighted by Gasteiger charge is -2.16. The molecule has 0 aliphatic carbocycles. The number of aromatic hydroxyl groups is 1. The summed E-state index contributed by atoms with van der Waals surface area (Å²) in [5, 5.41) is 12.3. The normalized spacial score (nSPS) is 18.1. The molecule has 0 spiro atoms. The first-order chi connectivity index (χ1) is 10.1. The van der Waals surface area contributed by atoms with Gasteiger partial charge in [0.25, 0.3) is 5.91 Å². The molecule has 106 valence electrons. The highest BCUT2D eigenvalue weighted by Gasteiger charge is 2.39. The van der Waals surface area contributed by atoms with Crippen molar-refractivity contribution in [2.45, 2.75) is 12.5 Å². The van der Waals surface area contributed by atoms with E-state index in [4.69, 9.17) is 0 Å². The second-order valence-electron chi connectivity index (χ2n) is 4.85. The zero-order valence-electron chi connectivity index (χ0n) is 11.2. The van der Waals surface area contributed by atoms with Gasteiger partial charge < -0.3 is 10.4 Å². The van der Waals surface area contributed by atoms with Crippen LogP contribution in [0.2, 0.25) is 0 Å². The Kier molecular flexibility index (Phi) is 3.31. The third-order valence-corrected chi connectivity index (χ3v) is 3.37. The van der Waals surface area contributed by atoms with E-state index in [1.165, 1.54) is 17.0 Å². The van der Waals surface area contributed by atoms with Gasteiger partial charge in [-0.15, -0.1) is 0 Å². The molecule has 1 aliphatic heterocycles. The highest BCUT2D eigenvalue weighted by molar-refractivity contribution is 6.23. The van der Waals surface area contributed by atoms with Gasteiger partial charge in [0, 0.05) is 5.69 Å². The van der Waals surface area contributed by atoms with Gasteiger partial charge in [0.15, 0.2) is 0 Å². The van der Waals surface area contributed by atoms with Crippen LogP contribution in [0.1, 0.15) is 6.42 Å². The van der Waals surface area contributed by atoms with E-state index < -0.39 is 6.04 Å². The summed E-state index contributed by atoms with van der Waals surface area (Å²) in [5.74, 6) is -0.331. The molecule has 5 heteroatoms. The predicted octanol–water partition coefficient (Wildman–Crippen LogP) is 2.14. The quantitative estimate of drug-likeness (QED) is 0.668. The van der Waals surface area contributed by atoms with Crippen LogP contribution in [0, 0.1) is 0 Å². The Labute approximate surface area is 121 Å². The monoisotopic (exact) mass is 282 g/mol. The minimum absolute atomic E-state index is 0.120. The molecule has 1 heterocycles. The number of anilines is 2. The van der Waals surface area contributed by atoms with Gasteiger partial charge in [-0.25, -0.2) is 4.90 Å². The van der Waals surface area contributed by atoms with Crippen LogP contribution in [-0.2, 0) is 9.59 Å². The minimum atomic E-state index is -0.581. The van der Waals surface area contributed by atoms with Crippen molar-refractivity contribution in [2.24, 2.45) is 0 Å². The maximum atomic E-state index is 12.4. The van der Waals surface area contributed by atoms with Gasteiger partial charge in [0.2, 0.25) is 5.91 Å². The fourth-order valence-electron chi connectivity index (χ4n) is 2.35. The van der Waals surface area contributed by atoms with Gasteiger partial charge in [-0.3, -0.25) is 9.59 Å². The molecule has 0 saturated carbocycles. The molecule has 2 aromatic carbocycles. The summed E-state index contributed by atoms with van der Waals surface area (Å²) >= 11 is 0. The highest BCUT2D eigenvalue weighted by atomic mass is 16.3. The van der Waals surface area contributed by atoms with Gasteiger partial charge in [-0.05, 0) is 36.4 Å². The van der Waals surface area contributed by atoms with Crippen molar-refractivity contribution in [1.82, 2.24) is 0 Å². The van der Waals surface area contributed by atoms with Gasteiger partial charge in [0.1, 0.15) is 11.8 Å². The van der Waals surface area contributed by atoms with Crippen LogP contribution >= 0.6 is 0 Å². The Morgan fingerprint density at radius 1 is 1.00 bits per heavy atom. The fourth-order valence-corrected chi connectivity index (χ4v) is 2.35. The highest BCUT2D eigenvalue weighted by Crippen LogP contribution is 2.25. The summed E-state index contributed by atoms with van der Waals surface area (Å²) in [5.41, 5.74) is 1.27. The molecule has 1 saturated heterocycles. The maximum absolute atomic E-state index is 12.4. The maximum Gasteiger partial charge on any atom is 0.256 e. The number of amides is 2. The number of benzene rings is 2. The molecule has 0 unspecified atom stereocenters. The molecular weight excluding hydrogens is 268 g/mol. The Morgan fingerprint density at radius 2 is 1.67 bits per heavy atom. The number of nitrogens with zero attached hydrogens (tertiary/aromatic N) is 1. The number of hydrogen-bond acceptors (Lipinski definition) is 4. The number of phenolic OH excluding ortho intramolecular Hbond substituents is 1. The van der Waals surface area contributed by atoms with E-state index in [9.17, 15) is 14.7 Å². The Hall–Kier alpha value is -2.82. The van der Waals surface area contributed by atoms with Gasteiger partial charge in [-0.1, -0.05) is 18.2 Å². The number of carbonyl (C=O) groups excluding carboxylic acids is 2. The average molecular weight is 282 g/mol. The first-order valence-electron chi connectivity index (χ1n) is 6.62. The predicted molar refractivity (Wildman–Crippen MR) is 79.1 cm³/mol. The van der Waals surface area contributed by atoms with Gasteiger partial charge >= 0.3 is 0 Å². The van der Waals surface area contributed by atoms with Crippen molar-refractivity contribution in [2.75, 3.05) is 10.2 Å². The van der Waals surface area contributed by atoms with E-state index in [2.05, 4.69) is 5.32 Å². The topological polar surface area (TPSA) is 69.6 Å². The number of imide groups is 1. The Morgan fingerprint density at radius 3 is 2.33 bits per heavy atom. The molecule has 0 bridgehead atoms. The van der Waals surface area contributed by atoms with Crippen LogP contribution in [0.25, 0.3) is 0 Å². The SMILES string of the molecule is O=C1C[C@@H](Nc2ccc(O)cc2)C(=O)N1c1ccccc1. The summed E-state index contributed by atoms with van der Waals surface area (Å²) in [4.78, 5) is 25.7. The number of phenols is 1. The molecule has 21 heavy (non-hydrogen) atoms. The van der Waals surface area contributed by atoms with Crippen molar-refractivity contribution in [1.29, 1.82) is 0 Å². The number of para-hydroxylation sites is 1. The van der Waals surface area contributed by atoms with Crippen LogP contribution in [0.4, 0.5) is 11.4 Å². The van der Waals surface area contributed by atoms with Gasteiger partial charge in [-0.2, -0.15) is 0 Å². The molecular formula is C16H14N2O3. The van der Waals surface area contributed by atoms with Crippen molar-refractivity contribution < 1.29 is 14.7 Å². The van der Waals surface area contributed by atoms with Crippen LogP contribution in [0.15, 0.2) is 54.6 Å². The molecule has 5 nitrogen and oxygen atoms in total. The standard InChI is InChI=1S/C16H14N2O3/c19-13-8-6-11(7-9-13)17-14-10-15(20)18(16(14)21)12-4-2-1-3-5-12/h1-9,14,17,19H,10H2/t14-/m1/s1. The lowest BCUT2D eigenvalue weighted by Crippen LogP contribution is -2.34. The number of nitrogens with one attached hydrogen (secondary N) is 1. The van der Waals surface area contributed by atoms with Crippen molar-refractivity contribution in [3.05, 3.63) is 54.6 Å². The smallest absolute Gasteiger partial charge is 0.256 e. The van der Waals surface area contributed by atoms with Crippen molar-refractivity contribution in [3.63, 3.8) is 0 Å². The van der Waals surface area contributed by atoms with E-state index in [1.807, 2.05) is 6.07 Å². The van der Waals surface area contributed by atoms with E-state index >= 15 is 0 Å². The lowest BCUT2D eigenvalue weighted by molar-refractivity contribution is -0.121. The van der Waals surface area contributed by atoms with Crippen LogP contribution in [-0.4, -0.2) is 23.0 Å². The van der Waals surface area contributed by atoms with E-state index in [0.717, 1.165) is 0 Å². The average Bonchev–Trinajstić information content (AvgIpc) is 2.77. The second-order valence-corrected chi connectivity index (χ2v) is 4.85. The van der Waals surface area contributed by atoms with Crippen LogP contribution in [0.3, 0.4) is 0 Å². The van der Waals surface area contributed by atoms with Crippen LogP contribution < -0.4 is 10.2 Å². The summed E-state index contributed by atoms with van der Waals surface area (Å²) in [6.07, 6.45) is 0.120. The molecule has 1 aliphatic rings. The van der Waals surface area contributed by atoms with Crippen molar-refractivity contribution >= 4 is 23.2 Å². The first-order valence-corrected chi connectivity index (χ1v) is 6.62. The number of hydrogen-bond donors (Lipinski definition) is 2. The minimum Gasteiger partial charge on any atom is -0.508 e. The summed E-state index contributed by atoms with van der Waals surface area (Å²) in [6, 6.07) is 14.7. The Balaban J connectivity index is 1.79. The summed E-state index contributed by atoms with van der Waals surface area (Å²) in [6.45, 7) is 0. The molecule has 1 atom stereocenters. The molecule has 2 N–H and O–H groups in total. The van der Waals surface area contributed by atoms with E-state index in [0.29, 0.717) is 11.4 Å². The molecule has 0 radical (unpaired) electrons. The summed E-state index contributed by atoms with van der Waals surface area (Å²) in [7, 11) is 0. The third kappa shape index (κ3) is 2.58. The molecule has 3 rings (SSSR count). The molecule has 0 aromatic heterocycles. The second kappa shape index (κ2) is 5.28. The zero-order valence-corrected chi connectivity index (χ0v) is 11.2. The molecule has 2 amide bonds. The third-order valence-electron chi connectivity index (χ3n) is 3.37. The lowest BCUT2D eigenvalue weighted by atomic mass is 10.2. The zero-order chi connectivity index (χ0) is 14.8.